The van der Waals surface area contributed by atoms with Crippen LogP contribution in [0.15, 0.2) is 231 Å². The van der Waals surface area contributed by atoms with Crippen LogP contribution >= 0.6 is 0 Å². The van der Waals surface area contributed by atoms with Crippen molar-refractivity contribution in [3.8, 4) is 22.7 Å². The molecule has 0 N–H and O–H groups in total. The Morgan fingerprint density at radius 1 is 0.296 bits per heavy atom. The number of nitrogens with zero attached hydrogens (tertiary/aromatic N) is 12. The Kier molecular flexibility index (Phi) is 10.9. The molecular formula is C69H50N12. The first-order valence-electron chi connectivity index (χ1n) is 27.5. The highest BCUT2D eigenvalue weighted by Gasteiger charge is 2.33. The van der Waals surface area contributed by atoms with Gasteiger partial charge in [-0.1, -0.05) is 48.5 Å². The average molecular weight is 1050 g/mol. The number of aliphatic imine (C=N–C) groups is 1. The third kappa shape index (κ3) is 7.81. The van der Waals surface area contributed by atoms with E-state index in [0.717, 1.165) is 138 Å². The summed E-state index contributed by atoms with van der Waals surface area (Å²) >= 11 is 0. The molecule has 12 nitrogen and oxygen atoms in total. The van der Waals surface area contributed by atoms with Gasteiger partial charge in [0.05, 0.1) is 38.6 Å². The maximum absolute atomic E-state index is 4.67. The third-order valence-electron chi connectivity index (χ3n) is 16.8. The molecular weight excluding hydrogens is 997 g/mol. The van der Waals surface area contributed by atoms with Crippen molar-refractivity contribution >= 4 is 82.5 Å². The van der Waals surface area contributed by atoms with Gasteiger partial charge in [-0.15, -0.1) is 0 Å². The lowest BCUT2D eigenvalue weighted by Crippen LogP contribution is -2.32. The van der Waals surface area contributed by atoms with Gasteiger partial charge in [-0.3, -0.25) is 39.9 Å². The summed E-state index contributed by atoms with van der Waals surface area (Å²) in [5, 5.41) is 7.64. The van der Waals surface area contributed by atoms with Gasteiger partial charge in [0.25, 0.3) is 0 Å². The number of aromatic nitrogens is 11. The molecule has 0 atom stereocenters. The number of fused-ring (bicyclic) bond motifs is 12. The largest absolute Gasteiger partial charge is 0.313 e. The normalized spacial score (nSPS) is 12.7. The Hall–Kier alpha value is -10.5. The molecule has 0 amide bonds. The number of rotatable bonds is 12. The third-order valence-corrected chi connectivity index (χ3v) is 16.8. The Morgan fingerprint density at radius 2 is 0.556 bits per heavy atom. The average Bonchev–Trinajstić information content (AvgIpc) is 4.31. The molecule has 15 aromatic rings. The van der Waals surface area contributed by atoms with Crippen molar-refractivity contribution in [2.45, 2.75) is 32.1 Å². The second-order valence-electron chi connectivity index (χ2n) is 21.6. The van der Waals surface area contributed by atoms with Crippen LogP contribution in [0, 0.1) is 5.41 Å². The molecule has 0 saturated heterocycles. The van der Waals surface area contributed by atoms with E-state index in [-0.39, 0.29) is 5.41 Å². The fraction of sp³-hybridized carbons (Fsp3) is 0.101. The summed E-state index contributed by atoms with van der Waals surface area (Å²) in [7, 11) is 0. The molecule has 0 radical (unpaired) electrons. The van der Waals surface area contributed by atoms with E-state index in [1.165, 1.54) is 33.5 Å². The summed E-state index contributed by atoms with van der Waals surface area (Å²) in [6.07, 6.45) is 33.0. The van der Waals surface area contributed by atoms with Gasteiger partial charge in [0.2, 0.25) is 0 Å². The lowest BCUT2D eigenvalue weighted by atomic mass is 9.68. The smallest absolute Gasteiger partial charge is 0.0572 e. The fourth-order valence-electron chi connectivity index (χ4n) is 13.3. The van der Waals surface area contributed by atoms with Crippen molar-refractivity contribution in [3.05, 3.63) is 260 Å². The minimum absolute atomic E-state index is 0.300. The van der Waals surface area contributed by atoms with E-state index in [4.69, 9.17) is 0 Å². The van der Waals surface area contributed by atoms with Gasteiger partial charge in [0, 0.05) is 178 Å². The van der Waals surface area contributed by atoms with Gasteiger partial charge in [-0.05, 0) is 144 Å². The summed E-state index contributed by atoms with van der Waals surface area (Å²) in [5.74, 6) is 0. The molecule has 11 aromatic heterocycles. The number of hydrogen-bond acceptors (Lipinski definition) is 8. The van der Waals surface area contributed by atoms with Crippen molar-refractivity contribution in [3.63, 3.8) is 0 Å². The van der Waals surface area contributed by atoms with E-state index in [1.807, 2.05) is 93.0 Å². The maximum atomic E-state index is 4.67. The van der Waals surface area contributed by atoms with Gasteiger partial charge < -0.3 is 18.3 Å². The fourth-order valence-corrected chi connectivity index (χ4v) is 13.3. The van der Waals surface area contributed by atoms with E-state index >= 15 is 0 Å². The van der Waals surface area contributed by atoms with Gasteiger partial charge in [-0.25, -0.2) is 0 Å². The molecule has 0 bridgehead atoms. The summed E-state index contributed by atoms with van der Waals surface area (Å²) in [6, 6.07) is 51.8. The second kappa shape index (κ2) is 18.9. The SMILES string of the molecule is C1=NCCc2c1c1cnccc1n2-c1ccc(CC(Cc2ccc(-n3c4ccncc4c4cnccc43)cc2)(Cc2ccc(-n3c4ccncc4c4cnccc43)cc2)Cc2ccc(-n3c4ccncc4c4cnccc43)cc2)cc1. The maximum Gasteiger partial charge on any atom is 0.0572 e. The first-order chi connectivity index (χ1) is 40.1. The molecule has 1 aliphatic heterocycles. The molecule has 81 heavy (non-hydrogen) atoms. The summed E-state index contributed by atoms with van der Waals surface area (Å²) in [5.41, 5.74) is 19.5. The quantitative estimate of drug-likeness (QED) is 0.119. The standard InChI is InChI=1S/C69H50N12/c1-9-49(78-61-17-25-70-37-53(61)54-38-71-26-18-62(54)78)10-2-45(1)33-69(34-46-3-11-50(12-4-46)79-63-19-27-72-39-55(63)56-40-73-28-20-64(56)79,35-47-5-13-51(14-6-47)80-65-21-29-74-41-57(65)58-42-75-30-22-66(58)80)36-48-7-15-52(16-8-48)81-67-23-31-76-43-59(67)60-44-77-32-24-68(60)81/h1-23,25-31,37-44H,24,32-36H2. The van der Waals surface area contributed by atoms with Crippen LogP contribution < -0.4 is 0 Å². The molecule has 0 spiro atoms. The molecule has 16 rings (SSSR count). The van der Waals surface area contributed by atoms with Crippen LogP contribution in [0.25, 0.3) is 99.1 Å². The molecule has 386 valence electrons. The Bertz CT molecular complexity index is 4390. The van der Waals surface area contributed by atoms with E-state index < -0.39 is 0 Å². The summed E-state index contributed by atoms with van der Waals surface area (Å²) < 4.78 is 9.41. The summed E-state index contributed by atoms with van der Waals surface area (Å²) in [6.45, 7) is 0.773. The predicted molar refractivity (Wildman–Crippen MR) is 324 cm³/mol. The van der Waals surface area contributed by atoms with Crippen LogP contribution in [0.4, 0.5) is 0 Å². The Labute approximate surface area is 465 Å². The van der Waals surface area contributed by atoms with Crippen molar-refractivity contribution in [1.29, 1.82) is 0 Å². The van der Waals surface area contributed by atoms with Crippen molar-refractivity contribution in [2.24, 2.45) is 10.4 Å². The van der Waals surface area contributed by atoms with Crippen LogP contribution in [0.2, 0.25) is 0 Å². The lowest BCUT2D eigenvalue weighted by molar-refractivity contribution is 0.275. The van der Waals surface area contributed by atoms with Crippen LogP contribution in [0.3, 0.4) is 0 Å². The number of benzene rings is 4. The minimum atomic E-state index is -0.300. The van der Waals surface area contributed by atoms with Crippen LogP contribution in [-0.4, -0.2) is 65.9 Å². The van der Waals surface area contributed by atoms with Gasteiger partial charge >= 0.3 is 0 Å². The second-order valence-corrected chi connectivity index (χ2v) is 21.6. The molecule has 0 aliphatic carbocycles. The summed E-state index contributed by atoms with van der Waals surface area (Å²) in [4.78, 5) is 36.2. The molecule has 0 unspecified atom stereocenters. The Balaban J connectivity index is 0.831. The van der Waals surface area contributed by atoms with Crippen molar-refractivity contribution in [1.82, 2.24) is 53.2 Å². The van der Waals surface area contributed by atoms with Gasteiger partial charge in [0.15, 0.2) is 0 Å². The Morgan fingerprint density at radius 3 is 0.852 bits per heavy atom. The zero-order chi connectivity index (χ0) is 53.4. The van der Waals surface area contributed by atoms with Crippen LogP contribution in [0.1, 0.15) is 33.5 Å². The zero-order valence-corrected chi connectivity index (χ0v) is 44.0. The molecule has 12 heteroatoms. The molecule has 0 saturated carbocycles. The van der Waals surface area contributed by atoms with E-state index in [1.54, 1.807) is 0 Å². The van der Waals surface area contributed by atoms with Gasteiger partial charge in [-0.2, -0.15) is 0 Å². The molecule has 1 aliphatic rings. The first-order valence-corrected chi connectivity index (χ1v) is 27.5. The highest BCUT2D eigenvalue weighted by atomic mass is 15.0. The van der Waals surface area contributed by atoms with Crippen molar-refractivity contribution in [2.75, 3.05) is 6.54 Å². The van der Waals surface area contributed by atoms with Gasteiger partial charge in [0.1, 0.15) is 0 Å². The highest BCUT2D eigenvalue weighted by Crippen LogP contribution is 2.40. The molecule has 0 fully saturated rings. The van der Waals surface area contributed by atoms with E-state index in [9.17, 15) is 0 Å². The number of hydrogen-bond donors (Lipinski definition) is 0. The van der Waals surface area contributed by atoms with Crippen LogP contribution in [0.5, 0.6) is 0 Å². The zero-order valence-electron chi connectivity index (χ0n) is 44.0. The molecule has 12 heterocycles. The molecule has 4 aromatic carbocycles. The van der Waals surface area contributed by atoms with Crippen molar-refractivity contribution < 1.29 is 0 Å². The monoisotopic (exact) mass is 1050 g/mol. The van der Waals surface area contributed by atoms with E-state index in [0.29, 0.717) is 0 Å². The topological polar surface area (TPSA) is 122 Å². The van der Waals surface area contributed by atoms with Crippen LogP contribution in [-0.2, 0) is 32.1 Å². The highest BCUT2D eigenvalue weighted by molar-refractivity contribution is 6.10. The van der Waals surface area contributed by atoms with E-state index in [2.05, 4.69) is 198 Å². The minimum Gasteiger partial charge on any atom is -0.313 e. The first kappa shape index (κ1) is 46.6. The number of pyridine rings is 7. The predicted octanol–water partition coefficient (Wildman–Crippen LogP) is 13.9. The lowest BCUT2D eigenvalue weighted by Gasteiger charge is -2.36.